The van der Waals surface area contributed by atoms with Crippen molar-refractivity contribution in [1.82, 2.24) is 14.5 Å². The smallest absolute Gasteiger partial charge is 0.325 e. The predicted molar refractivity (Wildman–Crippen MR) is 108 cm³/mol. The van der Waals surface area contributed by atoms with Gasteiger partial charge in [0, 0.05) is 13.1 Å². The summed E-state index contributed by atoms with van der Waals surface area (Å²) in [5, 5.41) is 0.792. The summed E-state index contributed by atoms with van der Waals surface area (Å²) in [6.45, 7) is 1.33. The van der Waals surface area contributed by atoms with Crippen LogP contribution in [0, 0.1) is 0 Å². The van der Waals surface area contributed by atoms with Crippen LogP contribution in [0.3, 0.4) is 0 Å². The van der Waals surface area contributed by atoms with Crippen LogP contribution in [0.4, 0.5) is 0 Å². The third kappa shape index (κ3) is 4.92. The van der Waals surface area contributed by atoms with Crippen LogP contribution in [0.2, 0.25) is 0 Å². The number of thioether (sulfide) groups is 1. The Kier molecular flexibility index (Phi) is 7.08. The summed E-state index contributed by atoms with van der Waals surface area (Å²) in [4.78, 5) is 43.7. The number of ether oxygens (including phenoxy) is 1. The van der Waals surface area contributed by atoms with Gasteiger partial charge in [-0.3, -0.25) is 19.0 Å². The number of methoxy groups -OCH3 is 1. The summed E-state index contributed by atoms with van der Waals surface area (Å²) in [7, 11) is 1.28. The van der Waals surface area contributed by atoms with Crippen LogP contribution < -0.4 is 5.56 Å². The van der Waals surface area contributed by atoms with Crippen molar-refractivity contribution in [3.05, 3.63) is 34.6 Å². The van der Waals surface area contributed by atoms with Gasteiger partial charge in [0.1, 0.15) is 6.54 Å². The average molecular weight is 404 g/mol. The van der Waals surface area contributed by atoms with E-state index in [1.165, 1.54) is 29.9 Å². The van der Waals surface area contributed by atoms with Crippen LogP contribution >= 0.6 is 11.8 Å². The normalized spacial score (nSPS) is 15.1. The molecule has 0 radical (unpaired) electrons. The van der Waals surface area contributed by atoms with Gasteiger partial charge in [0.2, 0.25) is 5.91 Å². The number of nitrogens with zero attached hydrogens (tertiary/aromatic N) is 3. The SMILES string of the molecule is COC(=O)Cn1c(SCC(=O)N2CCCCCCC2)nc2ccccc2c1=O. The molecule has 1 aromatic carbocycles. The summed E-state index contributed by atoms with van der Waals surface area (Å²) in [6.07, 6.45) is 5.59. The van der Waals surface area contributed by atoms with Crippen LogP contribution in [0.25, 0.3) is 10.9 Å². The van der Waals surface area contributed by atoms with E-state index in [1.807, 2.05) is 4.90 Å². The molecule has 1 aliphatic heterocycles. The molecule has 8 heteroatoms. The Hall–Kier alpha value is -2.35. The molecular formula is C20H25N3O4S. The Labute approximate surface area is 168 Å². The zero-order chi connectivity index (χ0) is 19.9. The number of esters is 1. The third-order valence-corrected chi connectivity index (χ3v) is 5.84. The highest BCUT2D eigenvalue weighted by Crippen LogP contribution is 2.19. The molecule has 0 atom stereocenters. The lowest BCUT2D eigenvalue weighted by Gasteiger charge is -2.24. The average Bonchev–Trinajstić information content (AvgIpc) is 2.68. The maximum absolute atomic E-state index is 12.8. The largest absolute Gasteiger partial charge is 0.468 e. The van der Waals surface area contributed by atoms with E-state index in [9.17, 15) is 14.4 Å². The lowest BCUT2D eigenvalue weighted by Crippen LogP contribution is -2.35. The second-order valence-electron chi connectivity index (χ2n) is 6.82. The van der Waals surface area contributed by atoms with E-state index in [4.69, 9.17) is 4.74 Å². The lowest BCUT2D eigenvalue weighted by molar-refractivity contribution is -0.141. The van der Waals surface area contributed by atoms with Crippen LogP contribution in [0.1, 0.15) is 32.1 Å². The monoisotopic (exact) mass is 403 g/mol. The highest BCUT2D eigenvalue weighted by atomic mass is 32.2. The molecule has 28 heavy (non-hydrogen) atoms. The summed E-state index contributed by atoms with van der Waals surface area (Å²) < 4.78 is 6.00. The maximum atomic E-state index is 12.8. The number of aromatic nitrogens is 2. The number of fused-ring (bicyclic) bond motifs is 1. The lowest BCUT2D eigenvalue weighted by atomic mass is 10.1. The number of para-hydroxylation sites is 1. The molecule has 1 aromatic heterocycles. The molecular weight excluding hydrogens is 378 g/mol. The topological polar surface area (TPSA) is 81.5 Å². The Bertz CT molecular complexity index is 904. The van der Waals surface area contributed by atoms with Crippen molar-refractivity contribution in [3.8, 4) is 0 Å². The van der Waals surface area contributed by atoms with Gasteiger partial charge in [-0.1, -0.05) is 43.2 Å². The molecule has 0 bridgehead atoms. The maximum Gasteiger partial charge on any atom is 0.325 e. The Morgan fingerprint density at radius 2 is 1.79 bits per heavy atom. The van der Waals surface area contributed by atoms with Gasteiger partial charge in [-0.25, -0.2) is 4.98 Å². The second kappa shape index (κ2) is 9.73. The van der Waals surface area contributed by atoms with Gasteiger partial charge >= 0.3 is 5.97 Å². The first-order valence-electron chi connectivity index (χ1n) is 9.57. The molecule has 1 fully saturated rings. The van der Waals surface area contributed by atoms with Gasteiger partial charge in [-0.05, 0) is 25.0 Å². The van der Waals surface area contributed by atoms with Gasteiger partial charge in [-0.15, -0.1) is 0 Å². The highest BCUT2D eigenvalue weighted by Gasteiger charge is 2.19. The molecule has 0 spiro atoms. The van der Waals surface area contributed by atoms with Crippen LogP contribution in [-0.2, 0) is 20.9 Å². The minimum Gasteiger partial charge on any atom is -0.468 e. The van der Waals surface area contributed by atoms with Crippen LogP contribution in [-0.4, -0.2) is 52.3 Å². The van der Waals surface area contributed by atoms with Gasteiger partial charge in [0.15, 0.2) is 5.16 Å². The number of likely N-dealkylation sites (tertiary alicyclic amines) is 1. The molecule has 3 rings (SSSR count). The molecule has 2 heterocycles. The van der Waals surface area contributed by atoms with Crippen molar-refractivity contribution in [2.45, 2.75) is 43.8 Å². The predicted octanol–water partition coefficient (Wildman–Crippen LogP) is 2.45. The van der Waals surface area contributed by atoms with E-state index in [0.717, 1.165) is 38.8 Å². The van der Waals surface area contributed by atoms with Crippen molar-refractivity contribution in [2.75, 3.05) is 26.0 Å². The van der Waals surface area contributed by atoms with Gasteiger partial charge < -0.3 is 9.64 Å². The molecule has 2 aromatic rings. The fourth-order valence-electron chi connectivity index (χ4n) is 3.31. The molecule has 0 N–H and O–H groups in total. The zero-order valence-corrected chi connectivity index (χ0v) is 16.9. The molecule has 1 amide bonds. The van der Waals surface area contributed by atoms with Crippen LogP contribution in [0.5, 0.6) is 0 Å². The Morgan fingerprint density at radius 1 is 1.11 bits per heavy atom. The molecule has 1 saturated heterocycles. The number of benzene rings is 1. The first-order chi connectivity index (χ1) is 13.6. The van der Waals surface area contributed by atoms with Gasteiger partial charge in [-0.2, -0.15) is 0 Å². The van der Waals surface area contributed by atoms with Crippen molar-refractivity contribution in [2.24, 2.45) is 0 Å². The number of rotatable bonds is 5. The van der Waals surface area contributed by atoms with E-state index in [1.54, 1.807) is 24.3 Å². The van der Waals surface area contributed by atoms with Gasteiger partial charge in [0.25, 0.3) is 5.56 Å². The quantitative estimate of drug-likeness (QED) is 0.433. The zero-order valence-electron chi connectivity index (χ0n) is 16.1. The van der Waals surface area contributed by atoms with E-state index in [2.05, 4.69) is 4.98 Å². The molecule has 7 nitrogen and oxygen atoms in total. The number of hydrogen-bond acceptors (Lipinski definition) is 6. The van der Waals surface area contributed by atoms with Crippen molar-refractivity contribution >= 4 is 34.5 Å². The standard InChI is InChI=1S/C20H25N3O4S/c1-27-18(25)13-23-19(26)15-9-5-6-10-16(15)21-20(23)28-14-17(24)22-11-7-3-2-4-8-12-22/h5-6,9-10H,2-4,7-8,11-14H2,1H3. The second-order valence-corrected chi connectivity index (χ2v) is 7.76. The molecule has 0 saturated carbocycles. The molecule has 150 valence electrons. The highest BCUT2D eigenvalue weighted by molar-refractivity contribution is 7.99. The van der Waals surface area contributed by atoms with Crippen molar-refractivity contribution in [3.63, 3.8) is 0 Å². The summed E-state index contributed by atoms with van der Waals surface area (Å²) in [6, 6.07) is 6.99. The van der Waals surface area contributed by atoms with Crippen LogP contribution in [0.15, 0.2) is 34.2 Å². The van der Waals surface area contributed by atoms with Crippen molar-refractivity contribution in [1.29, 1.82) is 0 Å². The fraction of sp³-hybridized carbons (Fsp3) is 0.500. The minimum atomic E-state index is -0.531. The van der Waals surface area contributed by atoms with Gasteiger partial charge in [0.05, 0.1) is 23.8 Å². The number of carbonyl (C=O) groups excluding carboxylic acids is 2. The van der Waals surface area contributed by atoms with E-state index in [-0.39, 0.29) is 23.8 Å². The molecule has 0 unspecified atom stereocenters. The minimum absolute atomic E-state index is 0.0407. The van der Waals surface area contributed by atoms with E-state index >= 15 is 0 Å². The Morgan fingerprint density at radius 3 is 2.50 bits per heavy atom. The first kappa shape index (κ1) is 20.4. The third-order valence-electron chi connectivity index (χ3n) is 4.88. The molecule has 0 aliphatic carbocycles. The number of hydrogen-bond donors (Lipinski definition) is 0. The number of amides is 1. The fourth-order valence-corrected chi connectivity index (χ4v) is 4.21. The summed E-state index contributed by atoms with van der Waals surface area (Å²) in [5.41, 5.74) is 0.243. The van der Waals surface area contributed by atoms with E-state index < -0.39 is 5.97 Å². The molecule has 1 aliphatic rings. The van der Waals surface area contributed by atoms with Crippen molar-refractivity contribution < 1.29 is 14.3 Å². The van der Waals surface area contributed by atoms with E-state index in [0.29, 0.717) is 16.1 Å². The summed E-state index contributed by atoms with van der Waals surface area (Å²) >= 11 is 1.20. The first-order valence-corrected chi connectivity index (χ1v) is 10.6. The summed E-state index contributed by atoms with van der Waals surface area (Å²) in [5.74, 6) is -0.304. The Balaban J connectivity index is 1.82. The number of carbonyl (C=O) groups is 2.